The van der Waals surface area contributed by atoms with Gasteiger partial charge in [0.2, 0.25) is 5.91 Å². The first-order valence-electron chi connectivity index (χ1n) is 12.8. The molecule has 3 aromatic carbocycles. The van der Waals surface area contributed by atoms with Crippen LogP contribution >= 0.6 is 15.9 Å². The molecule has 2 amide bonds. The van der Waals surface area contributed by atoms with Crippen LogP contribution in [0.5, 0.6) is 11.5 Å². The summed E-state index contributed by atoms with van der Waals surface area (Å²) in [4.78, 5) is 28.4. The fourth-order valence-corrected chi connectivity index (χ4v) is 4.94. The molecule has 0 aliphatic carbocycles. The maximum atomic E-state index is 13.1. The van der Waals surface area contributed by atoms with E-state index in [2.05, 4.69) is 55.7 Å². The number of carbonyl (C=O) groups is 2. The molecule has 0 atom stereocenters. The number of rotatable bonds is 10. The number of nitrogens with zero attached hydrogens (tertiary/aromatic N) is 1. The summed E-state index contributed by atoms with van der Waals surface area (Å²) in [6.07, 6.45) is 2.23. The molecule has 3 aromatic rings. The molecular formula is C30H34BrN3O4. The number of nitrogens with one attached hydrogen (secondary N) is 2. The SMILES string of the molecule is COc1ccc(CCNC(=O)c2ccccc2NC(=O)C2CCN(Cc3ccc(Br)cc3)CC2)cc1OC. The van der Waals surface area contributed by atoms with E-state index in [0.717, 1.165) is 42.5 Å². The molecule has 200 valence electrons. The fourth-order valence-electron chi connectivity index (χ4n) is 4.68. The second kappa shape index (κ2) is 13.4. The van der Waals surface area contributed by atoms with Gasteiger partial charge >= 0.3 is 0 Å². The highest BCUT2D eigenvalue weighted by molar-refractivity contribution is 9.10. The minimum Gasteiger partial charge on any atom is -0.493 e. The first kappa shape index (κ1) is 27.7. The van der Waals surface area contributed by atoms with Crippen molar-refractivity contribution in [3.05, 3.63) is 87.9 Å². The van der Waals surface area contributed by atoms with Crippen LogP contribution in [-0.4, -0.2) is 50.6 Å². The quantitative estimate of drug-likeness (QED) is 0.341. The second-order valence-corrected chi connectivity index (χ2v) is 10.3. The fraction of sp³-hybridized carbons (Fsp3) is 0.333. The van der Waals surface area contributed by atoms with Gasteiger partial charge in [0.05, 0.1) is 25.5 Å². The standard InChI is InChI=1S/C30H34BrN3O4/c1-37-27-12-9-21(19-28(27)38-2)13-16-32-30(36)25-5-3-4-6-26(25)33-29(35)23-14-17-34(18-15-23)20-22-7-10-24(31)11-8-22/h3-12,19,23H,13-18,20H2,1-2H3,(H,32,36)(H,33,35). The van der Waals surface area contributed by atoms with Crippen molar-refractivity contribution in [2.75, 3.05) is 39.2 Å². The average molecular weight is 581 g/mol. The summed E-state index contributed by atoms with van der Waals surface area (Å²) in [6.45, 7) is 3.07. The van der Waals surface area contributed by atoms with E-state index in [-0.39, 0.29) is 17.7 Å². The van der Waals surface area contributed by atoms with Crippen molar-refractivity contribution < 1.29 is 19.1 Å². The Morgan fingerprint density at radius 2 is 1.61 bits per heavy atom. The average Bonchev–Trinajstić information content (AvgIpc) is 2.94. The molecular weight excluding hydrogens is 546 g/mol. The first-order chi connectivity index (χ1) is 18.5. The van der Waals surface area contributed by atoms with Gasteiger partial charge in [0, 0.05) is 23.5 Å². The Kier molecular flexibility index (Phi) is 9.79. The number of halogens is 1. The molecule has 4 rings (SSSR count). The Labute approximate surface area is 232 Å². The number of carbonyl (C=O) groups excluding carboxylic acids is 2. The van der Waals surface area contributed by atoms with Gasteiger partial charge in [-0.3, -0.25) is 14.5 Å². The maximum absolute atomic E-state index is 13.1. The number of hydrogen-bond acceptors (Lipinski definition) is 5. The zero-order valence-corrected chi connectivity index (χ0v) is 23.4. The van der Waals surface area contributed by atoms with E-state index in [1.54, 1.807) is 32.4 Å². The van der Waals surface area contributed by atoms with Crippen LogP contribution in [0.15, 0.2) is 71.2 Å². The minimum atomic E-state index is -0.217. The minimum absolute atomic E-state index is 0.0288. The molecule has 0 bridgehead atoms. The third-order valence-corrected chi connectivity index (χ3v) is 7.38. The highest BCUT2D eigenvalue weighted by Crippen LogP contribution is 2.28. The van der Waals surface area contributed by atoms with E-state index in [1.165, 1.54) is 5.56 Å². The molecule has 0 unspecified atom stereocenters. The molecule has 1 aliphatic rings. The summed E-state index contributed by atoms with van der Waals surface area (Å²) < 4.78 is 11.7. The van der Waals surface area contributed by atoms with E-state index >= 15 is 0 Å². The van der Waals surface area contributed by atoms with E-state index < -0.39 is 0 Å². The molecule has 1 saturated heterocycles. The van der Waals surface area contributed by atoms with Gasteiger partial charge in [0.25, 0.3) is 5.91 Å². The van der Waals surface area contributed by atoms with Gasteiger partial charge in [0.1, 0.15) is 0 Å². The number of piperidine rings is 1. The maximum Gasteiger partial charge on any atom is 0.253 e. The smallest absolute Gasteiger partial charge is 0.253 e. The summed E-state index contributed by atoms with van der Waals surface area (Å²) in [5.74, 6) is 1.01. The van der Waals surface area contributed by atoms with Crippen molar-refractivity contribution in [1.82, 2.24) is 10.2 Å². The van der Waals surface area contributed by atoms with E-state index in [1.807, 2.05) is 24.3 Å². The van der Waals surface area contributed by atoms with Crippen LogP contribution in [0, 0.1) is 5.92 Å². The highest BCUT2D eigenvalue weighted by atomic mass is 79.9. The van der Waals surface area contributed by atoms with Crippen LogP contribution in [-0.2, 0) is 17.8 Å². The predicted molar refractivity (Wildman–Crippen MR) is 153 cm³/mol. The van der Waals surface area contributed by atoms with Crippen LogP contribution in [0.4, 0.5) is 5.69 Å². The Hall–Kier alpha value is -3.36. The number of para-hydroxylation sites is 1. The summed E-state index contributed by atoms with van der Waals surface area (Å²) in [6, 6.07) is 21.2. The summed E-state index contributed by atoms with van der Waals surface area (Å²) in [5.41, 5.74) is 3.29. The molecule has 1 heterocycles. The third-order valence-electron chi connectivity index (χ3n) is 6.85. The van der Waals surface area contributed by atoms with E-state index in [9.17, 15) is 9.59 Å². The molecule has 0 aromatic heterocycles. The van der Waals surface area contributed by atoms with E-state index in [4.69, 9.17) is 9.47 Å². The molecule has 8 heteroatoms. The van der Waals surface area contributed by atoms with Crippen LogP contribution in [0.25, 0.3) is 0 Å². The van der Waals surface area contributed by atoms with Gasteiger partial charge in [-0.15, -0.1) is 0 Å². The number of ether oxygens (including phenoxy) is 2. The van der Waals surface area contributed by atoms with Gasteiger partial charge in [-0.25, -0.2) is 0 Å². The molecule has 1 fully saturated rings. The lowest BCUT2D eigenvalue weighted by atomic mass is 9.95. The Balaban J connectivity index is 1.28. The van der Waals surface area contributed by atoms with Crippen LogP contribution < -0.4 is 20.1 Å². The molecule has 7 nitrogen and oxygen atoms in total. The number of likely N-dealkylation sites (tertiary alicyclic amines) is 1. The van der Waals surface area contributed by atoms with E-state index in [0.29, 0.717) is 35.7 Å². The van der Waals surface area contributed by atoms with Gasteiger partial charge in [-0.1, -0.05) is 46.3 Å². The molecule has 0 spiro atoms. The Bertz CT molecular complexity index is 1240. The molecule has 2 N–H and O–H groups in total. The van der Waals surface area contributed by atoms with Crippen LogP contribution in [0.1, 0.15) is 34.3 Å². The predicted octanol–water partition coefficient (Wildman–Crippen LogP) is 5.29. The lowest BCUT2D eigenvalue weighted by molar-refractivity contribution is -0.121. The van der Waals surface area contributed by atoms with Crippen LogP contribution in [0.2, 0.25) is 0 Å². The van der Waals surface area contributed by atoms with Crippen molar-refractivity contribution in [3.8, 4) is 11.5 Å². The van der Waals surface area contributed by atoms with Gasteiger partial charge in [-0.05, 0) is 79.9 Å². The lowest BCUT2D eigenvalue weighted by Crippen LogP contribution is -2.38. The number of anilines is 1. The van der Waals surface area contributed by atoms with Crippen molar-refractivity contribution in [1.29, 1.82) is 0 Å². The summed E-state index contributed by atoms with van der Waals surface area (Å²) >= 11 is 3.48. The van der Waals surface area contributed by atoms with Crippen molar-refractivity contribution in [2.24, 2.45) is 5.92 Å². The normalized spacial score (nSPS) is 14.1. The molecule has 0 saturated carbocycles. The number of benzene rings is 3. The number of amides is 2. The van der Waals surface area contributed by atoms with Gasteiger partial charge in [-0.2, -0.15) is 0 Å². The lowest BCUT2D eigenvalue weighted by Gasteiger charge is -2.31. The first-order valence-corrected chi connectivity index (χ1v) is 13.6. The molecule has 0 radical (unpaired) electrons. The van der Waals surface area contributed by atoms with Gasteiger partial charge < -0.3 is 20.1 Å². The number of methoxy groups -OCH3 is 2. The van der Waals surface area contributed by atoms with Gasteiger partial charge in [0.15, 0.2) is 11.5 Å². The topological polar surface area (TPSA) is 79.9 Å². The van der Waals surface area contributed by atoms with Crippen molar-refractivity contribution in [3.63, 3.8) is 0 Å². The Morgan fingerprint density at radius 1 is 0.921 bits per heavy atom. The summed E-state index contributed by atoms with van der Waals surface area (Å²) in [7, 11) is 3.20. The zero-order chi connectivity index (χ0) is 26.9. The molecule has 38 heavy (non-hydrogen) atoms. The van der Waals surface area contributed by atoms with Crippen LogP contribution in [0.3, 0.4) is 0 Å². The Morgan fingerprint density at radius 3 is 2.32 bits per heavy atom. The number of hydrogen-bond donors (Lipinski definition) is 2. The van der Waals surface area contributed by atoms with Crippen molar-refractivity contribution >= 4 is 33.4 Å². The molecule has 1 aliphatic heterocycles. The zero-order valence-electron chi connectivity index (χ0n) is 21.8. The monoisotopic (exact) mass is 579 g/mol. The third kappa shape index (κ3) is 7.36. The second-order valence-electron chi connectivity index (χ2n) is 9.41. The van der Waals surface area contributed by atoms with Crippen molar-refractivity contribution in [2.45, 2.75) is 25.8 Å². The summed E-state index contributed by atoms with van der Waals surface area (Å²) in [5, 5.41) is 5.98. The largest absolute Gasteiger partial charge is 0.493 e. The highest BCUT2D eigenvalue weighted by Gasteiger charge is 2.26.